The lowest BCUT2D eigenvalue weighted by molar-refractivity contribution is 0.509. The molecule has 3 rings (SSSR count). The van der Waals surface area contributed by atoms with Crippen molar-refractivity contribution in [3.05, 3.63) is 47.3 Å². The molecule has 3 nitrogen and oxygen atoms in total. The maximum absolute atomic E-state index is 13.8. The molecule has 1 aliphatic heterocycles. The van der Waals surface area contributed by atoms with E-state index in [0.29, 0.717) is 0 Å². The van der Waals surface area contributed by atoms with Gasteiger partial charge in [-0.1, -0.05) is 25.1 Å². The van der Waals surface area contributed by atoms with Gasteiger partial charge in [-0.3, -0.25) is 0 Å². The Morgan fingerprint density at radius 2 is 2.24 bits per heavy atom. The molecule has 0 amide bonds. The summed E-state index contributed by atoms with van der Waals surface area (Å²) in [4.78, 5) is 4.44. The van der Waals surface area contributed by atoms with Crippen molar-refractivity contribution in [2.24, 2.45) is 0 Å². The molecule has 0 saturated carbocycles. The van der Waals surface area contributed by atoms with Crippen molar-refractivity contribution in [3.63, 3.8) is 0 Å². The van der Waals surface area contributed by atoms with Crippen molar-refractivity contribution in [3.8, 4) is 0 Å². The summed E-state index contributed by atoms with van der Waals surface area (Å²) in [5.41, 5.74) is 0.721. The molecule has 2 aromatic rings. The Morgan fingerprint density at radius 1 is 1.41 bits per heavy atom. The van der Waals surface area contributed by atoms with Crippen LogP contribution in [-0.2, 0) is 12.8 Å². The summed E-state index contributed by atoms with van der Waals surface area (Å²) in [5.74, 6) is 1.68. The van der Waals surface area contributed by atoms with Crippen molar-refractivity contribution < 1.29 is 4.39 Å². The molecule has 2 heterocycles. The van der Waals surface area contributed by atoms with Crippen molar-refractivity contribution in [2.45, 2.75) is 32.2 Å². The first-order chi connectivity index (χ1) is 8.29. The average Bonchev–Trinajstić information content (AvgIpc) is 2.89. The third kappa shape index (κ3) is 1.64. The molecule has 0 saturated heterocycles. The average molecular weight is 231 g/mol. The van der Waals surface area contributed by atoms with Crippen LogP contribution in [0.5, 0.6) is 0 Å². The van der Waals surface area contributed by atoms with Crippen LogP contribution in [0.15, 0.2) is 24.3 Å². The van der Waals surface area contributed by atoms with Crippen molar-refractivity contribution >= 4 is 0 Å². The lowest BCUT2D eigenvalue weighted by atomic mass is 10.0. The molecule has 0 fully saturated rings. The summed E-state index contributed by atoms with van der Waals surface area (Å²) in [6.45, 7) is 2.03. The highest BCUT2D eigenvalue weighted by atomic mass is 19.1. The molecule has 0 bridgehead atoms. The first-order valence-corrected chi connectivity index (χ1v) is 5.98. The van der Waals surface area contributed by atoms with E-state index < -0.39 is 0 Å². The van der Waals surface area contributed by atoms with Gasteiger partial charge < -0.3 is 0 Å². The van der Waals surface area contributed by atoms with Gasteiger partial charge in [0, 0.05) is 18.4 Å². The molecule has 88 valence electrons. The zero-order chi connectivity index (χ0) is 11.8. The van der Waals surface area contributed by atoms with E-state index in [4.69, 9.17) is 0 Å². The van der Waals surface area contributed by atoms with E-state index in [1.54, 1.807) is 6.07 Å². The summed E-state index contributed by atoms with van der Waals surface area (Å²) >= 11 is 0. The molecule has 0 radical (unpaired) electrons. The van der Waals surface area contributed by atoms with Gasteiger partial charge in [0.15, 0.2) is 5.82 Å². The van der Waals surface area contributed by atoms with Crippen LogP contribution in [0.3, 0.4) is 0 Å². The topological polar surface area (TPSA) is 30.7 Å². The molecule has 1 aromatic carbocycles. The van der Waals surface area contributed by atoms with Gasteiger partial charge in [0.2, 0.25) is 0 Å². The Hall–Kier alpha value is -1.71. The second kappa shape index (κ2) is 3.95. The van der Waals surface area contributed by atoms with E-state index in [9.17, 15) is 4.39 Å². The molecule has 0 N–H and O–H groups in total. The predicted molar refractivity (Wildman–Crippen MR) is 62.3 cm³/mol. The molecule has 1 aliphatic rings. The number of nitrogens with zero attached hydrogens (tertiary/aromatic N) is 3. The van der Waals surface area contributed by atoms with Gasteiger partial charge in [0.1, 0.15) is 11.6 Å². The summed E-state index contributed by atoms with van der Waals surface area (Å²) in [7, 11) is 0. The van der Waals surface area contributed by atoms with Gasteiger partial charge in [-0.25, -0.2) is 14.1 Å². The molecule has 4 heteroatoms. The van der Waals surface area contributed by atoms with Crippen molar-refractivity contribution in [2.75, 3.05) is 0 Å². The first kappa shape index (κ1) is 10.4. The van der Waals surface area contributed by atoms with Gasteiger partial charge >= 0.3 is 0 Å². The van der Waals surface area contributed by atoms with Crippen LogP contribution in [-0.4, -0.2) is 14.8 Å². The zero-order valence-corrected chi connectivity index (χ0v) is 9.73. The Balaban J connectivity index is 2.03. The number of hydrogen-bond acceptors (Lipinski definition) is 2. The van der Waals surface area contributed by atoms with E-state index in [1.165, 1.54) is 6.07 Å². The van der Waals surface area contributed by atoms with Gasteiger partial charge in [-0.15, -0.1) is 0 Å². The van der Waals surface area contributed by atoms with Crippen LogP contribution in [0.1, 0.15) is 36.6 Å². The van der Waals surface area contributed by atoms with Crippen molar-refractivity contribution in [1.29, 1.82) is 0 Å². The number of benzene rings is 1. The van der Waals surface area contributed by atoms with E-state index in [2.05, 4.69) is 10.1 Å². The molecule has 0 spiro atoms. The lowest BCUT2D eigenvalue weighted by Gasteiger charge is -2.12. The highest BCUT2D eigenvalue weighted by Gasteiger charge is 2.28. The Morgan fingerprint density at radius 3 is 3.00 bits per heavy atom. The number of fused-ring (bicyclic) bond motifs is 1. The second-order valence-corrected chi connectivity index (χ2v) is 4.32. The Kier molecular flexibility index (Phi) is 2.42. The highest BCUT2D eigenvalue weighted by molar-refractivity contribution is 5.24. The largest absolute Gasteiger partial charge is 0.242 e. The number of hydrogen-bond donors (Lipinski definition) is 0. The summed E-state index contributed by atoms with van der Waals surface area (Å²) in [6, 6.07) is 6.94. The monoisotopic (exact) mass is 231 g/mol. The number of halogens is 1. The minimum atomic E-state index is -0.154. The molecular weight excluding hydrogens is 217 g/mol. The summed E-state index contributed by atoms with van der Waals surface area (Å²) < 4.78 is 15.6. The van der Waals surface area contributed by atoms with Crippen LogP contribution in [0, 0.1) is 5.82 Å². The normalized spacial score (nSPS) is 18.4. The summed E-state index contributed by atoms with van der Waals surface area (Å²) in [6.07, 6.45) is 2.59. The van der Waals surface area contributed by atoms with Crippen LogP contribution in [0.2, 0.25) is 0 Å². The first-order valence-electron chi connectivity index (χ1n) is 5.98. The van der Waals surface area contributed by atoms with Crippen LogP contribution in [0.25, 0.3) is 0 Å². The van der Waals surface area contributed by atoms with Crippen LogP contribution < -0.4 is 0 Å². The van der Waals surface area contributed by atoms with Gasteiger partial charge in [-0.2, -0.15) is 5.10 Å². The molecule has 1 atom stereocenters. The van der Waals surface area contributed by atoms with Gasteiger partial charge in [-0.05, 0) is 12.5 Å². The third-order valence-electron chi connectivity index (χ3n) is 3.26. The summed E-state index contributed by atoms with van der Waals surface area (Å²) in [5, 5.41) is 4.45. The highest BCUT2D eigenvalue weighted by Crippen LogP contribution is 2.31. The van der Waals surface area contributed by atoms with E-state index >= 15 is 0 Å². The molecule has 0 aliphatic carbocycles. The maximum Gasteiger partial charge on any atom is 0.150 e. The number of aromatic nitrogens is 3. The Bertz CT molecular complexity index is 547. The van der Waals surface area contributed by atoms with E-state index in [-0.39, 0.29) is 11.9 Å². The van der Waals surface area contributed by atoms with E-state index in [0.717, 1.165) is 36.5 Å². The Labute approximate surface area is 99.3 Å². The molecule has 0 unspecified atom stereocenters. The minimum Gasteiger partial charge on any atom is -0.242 e. The third-order valence-corrected chi connectivity index (χ3v) is 3.26. The number of aryl methyl sites for hydroxylation is 2. The van der Waals surface area contributed by atoms with E-state index in [1.807, 2.05) is 23.7 Å². The second-order valence-electron chi connectivity index (χ2n) is 4.32. The zero-order valence-electron chi connectivity index (χ0n) is 9.73. The standard InChI is InChI=1S/C13H14FN3/c1-2-12-15-13-8-7-11(17(13)16-12)9-5-3-4-6-10(9)14/h3-6,11H,2,7-8H2,1H3/t11-/m0/s1. The molecule has 17 heavy (non-hydrogen) atoms. The molecular formula is C13H14FN3. The SMILES string of the molecule is CCc1nc2n(n1)[C@H](c1ccccc1F)CC2. The quantitative estimate of drug-likeness (QED) is 0.795. The smallest absolute Gasteiger partial charge is 0.150 e. The fourth-order valence-corrected chi connectivity index (χ4v) is 2.40. The van der Waals surface area contributed by atoms with Gasteiger partial charge in [0.25, 0.3) is 0 Å². The van der Waals surface area contributed by atoms with Crippen LogP contribution >= 0.6 is 0 Å². The molecule has 1 aromatic heterocycles. The minimum absolute atomic E-state index is 0.0130. The predicted octanol–water partition coefficient (Wildman–Crippen LogP) is 2.52. The maximum atomic E-state index is 13.8. The number of rotatable bonds is 2. The van der Waals surface area contributed by atoms with Crippen molar-refractivity contribution in [1.82, 2.24) is 14.8 Å². The fourth-order valence-electron chi connectivity index (χ4n) is 2.40. The van der Waals surface area contributed by atoms with Crippen LogP contribution in [0.4, 0.5) is 4.39 Å². The lowest BCUT2D eigenvalue weighted by Crippen LogP contribution is -2.09. The fraction of sp³-hybridized carbons (Fsp3) is 0.385. The van der Waals surface area contributed by atoms with Gasteiger partial charge in [0.05, 0.1) is 6.04 Å².